The molecule has 0 aliphatic rings. The highest BCUT2D eigenvalue weighted by molar-refractivity contribution is 5.64. The Hall–Kier alpha value is -1.30. The summed E-state index contributed by atoms with van der Waals surface area (Å²) in [4.78, 5) is 20.0. The van der Waals surface area contributed by atoms with E-state index in [2.05, 4.69) is 0 Å². The molecule has 0 saturated carbocycles. The maximum absolute atomic E-state index is 9.98. The van der Waals surface area contributed by atoms with E-state index < -0.39 is 11.9 Å². The predicted octanol–water partition coefficient (Wildman–Crippen LogP) is -0.545. The lowest BCUT2D eigenvalue weighted by Crippen LogP contribution is -2.21. The van der Waals surface area contributed by atoms with E-state index in [4.69, 9.17) is 10.2 Å². The molecule has 0 fully saturated rings. The van der Waals surface area contributed by atoms with Crippen molar-refractivity contribution in [3.63, 3.8) is 0 Å². The van der Waals surface area contributed by atoms with Crippen LogP contribution in [0.5, 0.6) is 0 Å². The van der Waals surface area contributed by atoms with Gasteiger partial charge in [-0.05, 0) is 25.7 Å². The van der Waals surface area contributed by atoms with Gasteiger partial charge in [-0.3, -0.25) is 0 Å². The molecule has 16 N–H and O–H groups in total. The van der Waals surface area contributed by atoms with Gasteiger partial charge >= 0.3 is 0 Å². The van der Waals surface area contributed by atoms with E-state index in [1.165, 1.54) is 0 Å². The molecule has 0 rings (SSSR count). The van der Waals surface area contributed by atoms with Crippen LogP contribution in [0.1, 0.15) is 58.8 Å². The van der Waals surface area contributed by atoms with Gasteiger partial charge in [0.1, 0.15) is 0 Å². The monoisotopic (exact) mass is 348 g/mol. The molecule has 0 aromatic rings. The van der Waals surface area contributed by atoms with Crippen LogP contribution in [0, 0.1) is 0 Å². The van der Waals surface area contributed by atoms with Crippen molar-refractivity contribution >= 4 is 11.9 Å². The minimum absolute atomic E-state index is 0. The third-order valence-corrected chi connectivity index (χ3v) is 1.76. The lowest BCUT2D eigenvalue weighted by Gasteiger charge is -2.03. The van der Waals surface area contributed by atoms with Crippen molar-refractivity contribution in [1.82, 2.24) is 24.6 Å². The summed E-state index contributed by atoms with van der Waals surface area (Å²) in [6, 6.07) is 0. The Labute approximate surface area is 139 Å². The minimum Gasteiger partial charge on any atom is -0.855 e. The van der Waals surface area contributed by atoms with Gasteiger partial charge in [-0.25, -0.2) is 0 Å². The van der Waals surface area contributed by atoms with Crippen molar-refractivity contribution in [3.8, 4) is 0 Å². The number of carbonyl (C=O) groups is 2. The zero-order valence-electron chi connectivity index (χ0n) is 15.8. The van der Waals surface area contributed by atoms with Gasteiger partial charge in [0, 0.05) is 11.9 Å². The minimum atomic E-state index is -1.02. The smallest absolute Gasteiger partial charge is 0.0414 e. The molecule has 0 atom stereocenters. The SMILES string of the molecule is CC[O-].CC[O-].O=C([O-])CCCCCCCC(=O)[O-].[NH4+].[NH4+].[NH4+].[NH4+]. The first-order valence-electron chi connectivity index (χ1n) is 6.52. The molecule has 0 saturated heterocycles. The Morgan fingerprint density at radius 1 is 0.609 bits per heavy atom. The fourth-order valence-electron chi connectivity index (χ4n) is 1.07. The summed E-state index contributed by atoms with van der Waals surface area (Å²) in [6.45, 7) is 3.14. The Morgan fingerprint density at radius 2 is 0.783 bits per heavy atom. The van der Waals surface area contributed by atoms with Gasteiger partial charge < -0.3 is 54.6 Å². The maximum Gasteiger partial charge on any atom is 0.0414 e. The first kappa shape index (κ1) is 43.0. The quantitative estimate of drug-likeness (QED) is 0.417. The summed E-state index contributed by atoms with van der Waals surface area (Å²) >= 11 is 0. The molecule has 0 aromatic carbocycles. The summed E-state index contributed by atoms with van der Waals surface area (Å²) in [5.41, 5.74) is 0. The topological polar surface area (TPSA) is 272 Å². The van der Waals surface area contributed by atoms with Gasteiger partial charge in [-0.15, -0.1) is 13.2 Å². The van der Waals surface area contributed by atoms with Gasteiger partial charge in [-0.1, -0.05) is 33.1 Å². The largest absolute Gasteiger partial charge is 0.855 e. The highest BCUT2D eigenvalue weighted by Crippen LogP contribution is 2.06. The Kier molecular flexibility index (Phi) is 80.1. The van der Waals surface area contributed by atoms with Gasteiger partial charge in [0.15, 0.2) is 0 Å². The molecule has 0 spiro atoms. The van der Waals surface area contributed by atoms with Crippen molar-refractivity contribution in [3.05, 3.63) is 0 Å². The van der Waals surface area contributed by atoms with E-state index >= 15 is 0 Å². The lowest BCUT2D eigenvalue weighted by atomic mass is 10.1. The summed E-state index contributed by atoms with van der Waals surface area (Å²) < 4.78 is 0. The molecule has 0 heterocycles. The van der Waals surface area contributed by atoms with Crippen LogP contribution in [0.25, 0.3) is 0 Å². The van der Waals surface area contributed by atoms with Crippen LogP contribution in [0.3, 0.4) is 0 Å². The van der Waals surface area contributed by atoms with Crippen molar-refractivity contribution in [2.75, 3.05) is 13.2 Å². The Morgan fingerprint density at radius 3 is 0.957 bits per heavy atom. The number of carbonyl (C=O) groups excluding carboxylic acids is 2. The normalized spacial score (nSPS) is 7.13. The van der Waals surface area contributed by atoms with Crippen molar-refractivity contribution < 1.29 is 30.0 Å². The maximum atomic E-state index is 9.98. The van der Waals surface area contributed by atoms with Crippen molar-refractivity contribution in [1.29, 1.82) is 0 Å². The van der Waals surface area contributed by atoms with E-state index in [1.54, 1.807) is 13.8 Å². The number of unbranched alkanes of at least 4 members (excludes halogenated alkanes) is 4. The van der Waals surface area contributed by atoms with Crippen LogP contribution in [0.2, 0.25) is 0 Å². The third kappa shape index (κ3) is 95.6. The summed E-state index contributed by atoms with van der Waals surface area (Å²) in [5.74, 6) is -2.04. The molecule has 10 nitrogen and oxygen atoms in total. The third-order valence-electron chi connectivity index (χ3n) is 1.76. The highest BCUT2D eigenvalue weighted by atomic mass is 16.4. The number of hydrogen-bond acceptors (Lipinski definition) is 6. The first-order chi connectivity index (χ1) is 8.95. The molecular weight excluding hydrogens is 308 g/mol. The van der Waals surface area contributed by atoms with Gasteiger partial charge in [-0.2, -0.15) is 0 Å². The zero-order chi connectivity index (χ0) is 15.5. The zero-order valence-corrected chi connectivity index (χ0v) is 15.8. The molecule has 148 valence electrons. The molecule has 0 radical (unpaired) electrons. The number of aliphatic carboxylic acids is 2. The van der Waals surface area contributed by atoms with Gasteiger partial charge in [0.2, 0.25) is 0 Å². The van der Waals surface area contributed by atoms with Crippen molar-refractivity contribution in [2.24, 2.45) is 0 Å². The van der Waals surface area contributed by atoms with Crippen LogP contribution in [-0.4, -0.2) is 25.2 Å². The van der Waals surface area contributed by atoms with Crippen LogP contribution in [-0.2, 0) is 9.59 Å². The van der Waals surface area contributed by atoms with Crippen LogP contribution in [0.4, 0.5) is 0 Å². The Balaban J connectivity index is -0.0000000448. The second-order valence-corrected chi connectivity index (χ2v) is 3.59. The van der Waals surface area contributed by atoms with Crippen LogP contribution in [0.15, 0.2) is 0 Å². The standard InChI is InChI=1S/C9H16O4.2C2H5O.4H3N/c10-8(11)6-4-2-1-3-5-7-9(12)13;2*1-2-3;;;;/h1-7H2,(H,10,11)(H,12,13);2*2H2,1H3;4*1H3/q;2*-1;;;;/p+2. The van der Waals surface area contributed by atoms with E-state index in [0.717, 1.165) is 19.3 Å². The first-order valence-corrected chi connectivity index (χ1v) is 6.52. The second kappa shape index (κ2) is 42.8. The molecule has 0 aromatic heterocycles. The van der Waals surface area contributed by atoms with Crippen molar-refractivity contribution in [2.45, 2.75) is 58.8 Å². The van der Waals surface area contributed by atoms with Gasteiger partial charge in [0.25, 0.3) is 0 Å². The number of carboxylic acid groups (broad SMARTS) is 2. The highest BCUT2D eigenvalue weighted by Gasteiger charge is 1.91. The fourth-order valence-corrected chi connectivity index (χ4v) is 1.07. The number of rotatable bonds is 8. The molecule has 0 aliphatic heterocycles. The predicted molar refractivity (Wildman–Crippen MR) is 87.4 cm³/mol. The Bertz CT molecular complexity index is 189. The number of hydrogen-bond donors (Lipinski definition) is 4. The molecule has 0 bridgehead atoms. The second-order valence-electron chi connectivity index (χ2n) is 3.59. The lowest BCUT2D eigenvalue weighted by molar-refractivity contribution is -0.362. The average molecular weight is 348 g/mol. The number of quaternary nitrogens is 4. The molecule has 23 heavy (non-hydrogen) atoms. The molecular formula is C13H40N4O6. The van der Waals surface area contributed by atoms with E-state index in [1.807, 2.05) is 0 Å². The summed E-state index contributed by atoms with van der Waals surface area (Å²) in [5, 5.41) is 37.8. The average Bonchev–Trinajstić information content (AvgIpc) is 2.29. The van der Waals surface area contributed by atoms with E-state index in [-0.39, 0.29) is 50.7 Å². The molecule has 0 unspecified atom stereocenters. The van der Waals surface area contributed by atoms with Gasteiger partial charge in [0.05, 0.1) is 0 Å². The summed E-state index contributed by atoms with van der Waals surface area (Å²) in [7, 11) is 0. The van der Waals surface area contributed by atoms with E-state index in [9.17, 15) is 19.8 Å². The molecule has 0 amide bonds. The fraction of sp³-hybridized carbons (Fsp3) is 0.846. The number of carboxylic acids is 2. The van der Waals surface area contributed by atoms with E-state index in [0.29, 0.717) is 12.8 Å². The van der Waals surface area contributed by atoms with Crippen LogP contribution < -0.4 is 45.0 Å². The molecule has 10 heteroatoms. The summed E-state index contributed by atoms with van der Waals surface area (Å²) in [6.07, 6.45) is 3.95. The van der Waals surface area contributed by atoms with Crippen LogP contribution >= 0.6 is 0 Å². The molecule has 0 aliphatic carbocycles.